The number of hydrogen-bond donors (Lipinski definition) is 1. The summed E-state index contributed by atoms with van der Waals surface area (Å²) >= 11 is 4.71. The van der Waals surface area contributed by atoms with Gasteiger partial charge in [0.05, 0.1) is 15.5 Å². The van der Waals surface area contributed by atoms with E-state index < -0.39 is 10.0 Å². The molecule has 0 aliphatic heterocycles. The lowest BCUT2D eigenvalue weighted by atomic mass is 10.2. The largest absolute Gasteiger partial charge is 0.349 e. The van der Waals surface area contributed by atoms with E-state index in [4.69, 9.17) is 0 Å². The van der Waals surface area contributed by atoms with Crippen LogP contribution in [0, 0.1) is 0 Å². The first-order chi connectivity index (χ1) is 13.2. The predicted molar refractivity (Wildman–Crippen MR) is 119 cm³/mol. The molecule has 1 aromatic heterocycles. The summed E-state index contributed by atoms with van der Waals surface area (Å²) in [5.74, 6) is -0.104. The number of sulfonamides is 1. The summed E-state index contributed by atoms with van der Waals surface area (Å²) in [5, 5.41) is 3.80. The molecule has 5 nitrogen and oxygen atoms in total. The number of halogens is 1. The summed E-state index contributed by atoms with van der Waals surface area (Å²) < 4.78 is 28.8. The van der Waals surface area contributed by atoms with E-state index >= 15 is 0 Å². The van der Waals surface area contributed by atoms with Gasteiger partial charge in [0.15, 0.2) is 0 Å². The van der Waals surface area contributed by atoms with Crippen LogP contribution in [0.4, 0.5) is 5.69 Å². The fourth-order valence-electron chi connectivity index (χ4n) is 2.64. The monoisotopic (exact) mass is 480 g/mol. The smallest absolute Gasteiger partial charge is 0.264 e. The van der Waals surface area contributed by atoms with Crippen molar-refractivity contribution in [3.63, 3.8) is 0 Å². The second-order valence-corrected chi connectivity index (χ2v) is 10.5. The molecule has 148 valence electrons. The molecule has 3 rings (SSSR count). The first kappa shape index (κ1) is 20.8. The van der Waals surface area contributed by atoms with Gasteiger partial charge in [-0.1, -0.05) is 22.9 Å². The number of benzene rings is 2. The highest BCUT2D eigenvalue weighted by molar-refractivity contribution is 9.10. The zero-order valence-electron chi connectivity index (χ0n) is 15.8. The average Bonchev–Trinajstić information content (AvgIpc) is 3.11. The van der Waals surface area contributed by atoms with Crippen LogP contribution in [0.3, 0.4) is 0 Å². The third-order valence-corrected chi connectivity index (χ3v) is 7.99. The predicted octanol–water partition coefficient (Wildman–Crippen LogP) is 5.02. The van der Waals surface area contributed by atoms with E-state index in [1.54, 1.807) is 42.5 Å². The van der Waals surface area contributed by atoms with Gasteiger partial charge in [-0.25, -0.2) is 8.42 Å². The second kappa shape index (κ2) is 8.23. The Balaban J connectivity index is 1.91. The second-order valence-electron chi connectivity index (χ2n) is 6.54. The number of nitrogens with zero attached hydrogens (tertiary/aromatic N) is 1. The summed E-state index contributed by atoms with van der Waals surface area (Å²) in [6.45, 7) is 3.98. The van der Waals surface area contributed by atoms with Gasteiger partial charge in [-0.15, -0.1) is 11.3 Å². The van der Waals surface area contributed by atoms with E-state index in [1.165, 1.54) is 22.7 Å². The van der Waals surface area contributed by atoms with Gasteiger partial charge in [0, 0.05) is 22.3 Å². The lowest BCUT2D eigenvalue weighted by Crippen LogP contribution is -2.31. The Morgan fingerprint density at radius 1 is 1.18 bits per heavy atom. The molecule has 2 aromatic carbocycles. The van der Waals surface area contributed by atoms with Crippen molar-refractivity contribution in [2.24, 2.45) is 0 Å². The third-order valence-electron chi connectivity index (χ3n) is 4.55. The molecule has 0 saturated carbocycles. The Kier molecular flexibility index (Phi) is 6.12. The minimum Gasteiger partial charge on any atom is -0.349 e. The zero-order valence-corrected chi connectivity index (χ0v) is 19.0. The molecular formula is C20H21BrN2O3S2. The molecule has 0 aliphatic rings. The third kappa shape index (κ3) is 4.24. The van der Waals surface area contributed by atoms with Gasteiger partial charge in [-0.2, -0.15) is 0 Å². The van der Waals surface area contributed by atoms with Gasteiger partial charge in [-0.05, 0) is 67.3 Å². The Labute approximate surface area is 177 Å². The highest BCUT2D eigenvalue weighted by Gasteiger charge is 2.22. The van der Waals surface area contributed by atoms with Gasteiger partial charge in [-0.3, -0.25) is 9.10 Å². The topological polar surface area (TPSA) is 66.5 Å². The van der Waals surface area contributed by atoms with Crippen molar-refractivity contribution in [2.45, 2.75) is 31.2 Å². The maximum absolute atomic E-state index is 12.9. The molecule has 3 aromatic rings. The van der Waals surface area contributed by atoms with Crippen LogP contribution in [0.1, 0.15) is 29.9 Å². The minimum absolute atomic E-state index is 0.104. The normalized spacial score (nSPS) is 12.7. The quantitative estimate of drug-likeness (QED) is 0.538. The molecule has 0 aliphatic carbocycles. The number of rotatable bonds is 6. The molecule has 1 heterocycles. The van der Waals surface area contributed by atoms with Crippen molar-refractivity contribution in [1.82, 2.24) is 5.32 Å². The number of carbonyl (C=O) groups is 1. The first-order valence-corrected chi connectivity index (χ1v) is 11.9. The fourth-order valence-corrected chi connectivity index (χ4v) is 5.04. The van der Waals surface area contributed by atoms with Crippen LogP contribution >= 0.6 is 27.3 Å². The van der Waals surface area contributed by atoms with Crippen LogP contribution in [0.2, 0.25) is 0 Å². The molecule has 1 amide bonds. The highest BCUT2D eigenvalue weighted by atomic mass is 79.9. The Morgan fingerprint density at radius 3 is 2.50 bits per heavy atom. The maximum atomic E-state index is 12.9. The summed E-state index contributed by atoms with van der Waals surface area (Å²) in [5.41, 5.74) is 0.544. The van der Waals surface area contributed by atoms with Crippen LogP contribution in [-0.4, -0.2) is 27.4 Å². The van der Waals surface area contributed by atoms with Crippen molar-refractivity contribution < 1.29 is 13.2 Å². The number of fused-ring (bicyclic) bond motifs is 1. The van der Waals surface area contributed by atoms with Crippen molar-refractivity contribution in [2.75, 3.05) is 11.4 Å². The SMILES string of the molecule is CCC(C)NC(=O)c1cc2cc(N(C)S(=O)(=O)c3ccc(Br)cc3)ccc2s1. The molecule has 28 heavy (non-hydrogen) atoms. The van der Waals surface area contributed by atoms with Crippen LogP contribution in [-0.2, 0) is 10.0 Å². The van der Waals surface area contributed by atoms with Crippen molar-refractivity contribution in [3.05, 3.63) is 57.9 Å². The van der Waals surface area contributed by atoms with E-state index in [0.717, 1.165) is 21.0 Å². The van der Waals surface area contributed by atoms with Crippen LogP contribution < -0.4 is 9.62 Å². The fraction of sp³-hybridized carbons (Fsp3) is 0.250. The number of hydrogen-bond acceptors (Lipinski definition) is 4. The van der Waals surface area contributed by atoms with Gasteiger partial charge in [0.1, 0.15) is 0 Å². The van der Waals surface area contributed by atoms with E-state index in [9.17, 15) is 13.2 Å². The van der Waals surface area contributed by atoms with E-state index in [2.05, 4.69) is 21.2 Å². The minimum atomic E-state index is -3.67. The number of carbonyl (C=O) groups excluding carboxylic acids is 1. The number of thiophene rings is 1. The number of amides is 1. The number of nitrogens with one attached hydrogen (secondary N) is 1. The molecule has 0 radical (unpaired) electrons. The van der Waals surface area contributed by atoms with Crippen LogP contribution in [0.5, 0.6) is 0 Å². The van der Waals surface area contributed by atoms with E-state index in [1.807, 2.05) is 19.9 Å². The van der Waals surface area contributed by atoms with Crippen LogP contribution in [0.15, 0.2) is 57.9 Å². The van der Waals surface area contributed by atoms with Gasteiger partial charge in [0.2, 0.25) is 0 Å². The molecule has 8 heteroatoms. The molecule has 1 atom stereocenters. The Hall–Kier alpha value is -1.90. The molecule has 1 unspecified atom stereocenters. The maximum Gasteiger partial charge on any atom is 0.264 e. The average molecular weight is 481 g/mol. The van der Waals surface area contributed by atoms with Crippen molar-refractivity contribution >= 4 is 59.0 Å². The lowest BCUT2D eigenvalue weighted by molar-refractivity contribution is 0.0943. The van der Waals surface area contributed by atoms with Crippen LogP contribution in [0.25, 0.3) is 10.1 Å². The standard InChI is InChI=1S/C20H21BrN2O3S2/c1-4-13(2)22-20(24)19-12-14-11-16(7-10-18(14)27-19)23(3)28(25,26)17-8-5-15(21)6-9-17/h5-13H,4H2,1-3H3,(H,22,24). The van der Waals surface area contributed by atoms with E-state index in [0.29, 0.717) is 10.6 Å². The summed E-state index contributed by atoms with van der Waals surface area (Å²) in [6, 6.07) is 13.8. The summed E-state index contributed by atoms with van der Waals surface area (Å²) in [4.78, 5) is 13.2. The van der Waals surface area contributed by atoms with Gasteiger partial charge in [0.25, 0.3) is 15.9 Å². The zero-order chi connectivity index (χ0) is 20.5. The van der Waals surface area contributed by atoms with Crippen molar-refractivity contribution in [1.29, 1.82) is 0 Å². The van der Waals surface area contributed by atoms with E-state index in [-0.39, 0.29) is 16.8 Å². The van der Waals surface area contributed by atoms with Gasteiger partial charge >= 0.3 is 0 Å². The van der Waals surface area contributed by atoms with Gasteiger partial charge < -0.3 is 5.32 Å². The molecule has 0 spiro atoms. The molecular weight excluding hydrogens is 460 g/mol. The Morgan fingerprint density at radius 2 is 1.86 bits per heavy atom. The molecule has 0 fully saturated rings. The highest BCUT2D eigenvalue weighted by Crippen LogP contribution is 2.31. The summed E-state index contributed by atoms with van der Waals surface area (Å²) in [6.07, 6.45) is 0.861. The lowest BCUT2D eigenvalue weighted by Gasteiger charge is -2.19. The molecule has 0 bridgehead atoms. The first-order valence-electron chi connectivity index (χ1n) is 8.81. The number of anilines is 1. The van der Waals surface area contributed by atoms with Crippen molar-refractivity contribution in [3.8, 4) is 0 Å². The summed E-state index contributed by atoms with van der Waals surface area (Å²) in [7, 11) is -2.14. The molecule has 0 saturated heterocycles. The Bertz CT molecular complexity index is 1110. The molecule has 1 N–H and O–H groups in total.